The molecule has 0 aliphatic rings. The lowest BCUT2D eigenvalue weighted by Crippen LogP contribution is -1.95. The topological polar surface area (TPSA) is 43.4 Å². The zero-order valence-corrected chi connectivity index (χ0v) is 9.61. The third-order valence-corrected chi connectivity index (χ3v) is 2.35. The van der Waals surface area contributed by atoms with E-state index < -0.39 is 5.97 Å². The molecule has 0 saturated heterocycles. The molecule has 3 nitrogen and oxygen atoms in total. The fourth-order valence-corrected chi connectivity index (χ4v) is 1.52. The number of aryl methyl sites for hydroxylation is 2. The van der Waals surface area contributed by atoms with Gasteiger partial charge < -0.3 is 4.74 Å². The summed E-state index contributed by atoms with van der Waals surface area (Å²) in [6.45, 7) is 3.73. The summed E-state index contributed by atoms with van der Waals surface area (Å²) in [7, 11) is 1.33. The maximum Gasteiger partial charge on any atom is 0.330 e. The van der Waals surface area contributed by atoms with Gasteiger partial charge in [-0.15, -0.1) is 0 Å². The van der Waals surface area contributed by atoms with Gasteiger partial charge in [0, 0.05) is 11.6 Å². The van der Waals surface area contributed by atoms with Gasteiger partial charge in [0.05, 0.1) is 7.11 Å². The number of aldehydes is 1. The van der Waals surface area contributed by atoms with E-state index in [0.29, 0.717) is 5.56 Å². The van der Waals surface area contributed by atoms with Crippen molar-refractivity contribution in [2.45, 2.75) is 13.8 Å². The van der Waals surface area contributed by atoms with E-state index in [2.05, 4.69) is 4.74 Å². The first-order valence-corrected chi connectivity index (χ1v) is 4.91. The summed E-state index contributed by atoms with van der Waals surface area (Å²) < 4.78 is 4.50. The molecule has 0 atom stereocenters. The first-order valence-electron chi connectivity index (χ1n) is 4.91. The molecule has 0 bridgehead atoms. The van der Waals surface area contributed by atoms with Crippen molar-refractivity contribution >= 4 is 18.3 Å². The van der Waals surface area contributed by atoms with E-state index in [9.17, 15) is 9.59 Å². The van der Waals surface area contributed by atoms with Gasteiger partial charge in [-0.3, -0.25) is 4.79 Å². The molecule has 0 aliphatic carbocycles. The first-order chi connectivity index (χ1) is 7.58. The second-order valence-electron chi connectivity index (χ2n) is 3.54. The second kappa shape index (κ2) is 5.26. The molecule has 0 unspecified atom stereocenters. The van der Waals surface area contributed by atoms with Crippen molar-refractivity contribution in [1.82, 2.24) is 0 Å². The maximum atomic E-state index is 10.9. The second-order valence-corrected chi connectivity index (χ2v) is 3.54. The molecule has 1 aromatic rings. The van der Waals surface area contributed by atoms with Crippen molar-refractivity contribution in [3.63, 3.8) is 0 Å². The largest absolute Gasteiger partial charge is 0.466 e. The smallest absolute Gasteiger partial charge is 0.330 e. The highest BCUT2D eigenvalue weighted by Gasteiger charge is 2.02. The van der Waals surface area contributed by atoms with Gasteiger partial charge in [0.2, 0.25) is 0 Å². The van der Waals surface area contributed by atoms with Gasteiger partial charge in [-0.2, -0.15) is 0 Å². The summed E-state index contributed by atoms with van der Waals surface area (Å²) >= 11 is 0. The minimum absolute atomic E-state index is 0.394. The Morgan fingerprint density at radius 2 is 1.81 bits per heavy atom. The molecule has 0 radical (unpaired) electrons. The summed E-state index contributed by atoms with van der Waals surface area (Å²) in [6.07, 6.45) is 3.87. The molecule has 0 aliphatic heterocycles. The van der Waals surface area contributed by atoms with E-state index in [0.717, 1.165) is 23.0 Å². The van der Waals surface area contributed by atoms with Gasteiger partial charge in [-0.1, -0.05) is 12.1 Å². The van der Waals surface area contributed by atoms with E-state index in [1.54, 1.807) is 6.08 Å². The number of rotatable bonds is 3. The number of benzene rings is 1. The van der Waals surface area contributed by atoms with E-state index in [1.807, 2.05) is 26.0 Å². The zero-order chi connectivity index (χ0) is 12.1. The van der Waals surface area contributed by atoms with Gasteiger partial charge >= 0.3 is 5.97 Å². The fraction of sp³-hybridized carbons (Fsp3) is 0.231. The van der Waals surface area contributed by atoms with Crippen molar-refractivity contribution < 1.29 is 14.3 Å². The molecular weight excluding hydrogens is 204 g/mol. The third-order valence-electron chi connectivity index (χ3n) is 2.35. The van der Waals surface area contributed by atoms with Crippen LogP contribution >= 0.6 is 0 Å². The lowest BCUT2D eigenvalue weighted by Gasteiger charge is -2.04. The van der Waals surface area contributed by atoms with Crippen LogP contribution in [0.3, 0.4) is 0 Å². The molecule has 0 amide bonds. The number of hydrogen-bond donors (Lipinski definition) is 0. The molecule has 0 saturated carbocycles. The molecular formula is C13H14O3. The van der Waals surface area contributed by atoms with Crippen LogP contribution < -0.4 is 0 Å². The third kappa shape index (κ3) is 2.79. The number of carbonyl (C=O) groups is 2. The Morgan fingerprint density at radius 1 is 1.25 bits per heavy atom. The lowest BCUT2D eigenvalue weighted by atomic mass is 10.00. The van der Waals surface area contributed by atoms with Crippen LogP contribution in [0.5, 0.6) is 0 Å². The molecule has 1 aromatic carbocycles. The van der Waals surface area contributed by atoms with Crippen molar-refractivity contribution in [2.75, 3.05) is 7.11 Å². The van der Waals surface area contributed by atoms with E-state index >= 15 is 0 Å². The number of esters is 1. The monoisotopic (exact) mass is 218 g/mol. The normalized spacial score (nSPS) is 10.4. The Hall–Kier alpha value is -1.90. The molecule has 0 aromatic heterocycles. The average Bonchev–Trinajstić information content (AvgIpc) is 2.25. The zero-order valence-electron chi connectivity index (χ0n) is 9.61. The van der Waals surface area contributed by atoms with Crippen LogP contribution in [0.1, 0.15) is 27.0 Å². The van der Waals surface area contributed by atoms with Crippen molar-refractivity contribution in [3.8, 4) is 0 Å². The predicted molar refractivity (Wildman–Crippen MR) is 62.4 cm³/mol. The Kier molecular flexibility index (Phi) is 4.00. The van der Waals surface area contributed by atoms with Crippen LogP contribution in [-0.4, -0.2) is 19.4 Å². The van der Waals surface area contributed by atoms with E-state index in [4.69, 9.17) is 0 Å². The lowest BCUT2D eigenvalue weighted by molar-refractivity contribution is -0.134. The molecule has 0 spiro atoms. The summed E-state index contributed by atoms with van der Waals surface area (Å²) in [6, 6.07) is 3.71. The molecule has 0 fully saturated rings. The number of carbonyl (C=O) groups excluding carboxylic acids is 2. The van der Waals surface area contributed by atoms with Gasteiger partial charge in [-0.05, 0) is 36.6 Å². The first kappa shape index (κ1) is 12.2. The number of ether oxygens (including phenoxy) is 1. The van der Waals surface area contributed by atoms with Crippen LogP contribution in [-0.2, 0) is 9.53 Å². The molecule has 16 heavy (non-hydrogen) atoms. The van der Waals surface area contributed by atoms with Crippen LogP contribution in [0.2, 0.25) is 0 Å². The fourth-order valence-electron chi connectivity index (χ4n) is 1.52. The molecule has 84 valence electrons. The summed E-state index contributed by atoms with van der Waals surface area (Å²) in [5, 5.41) is 0. The standard InChI is InChI=1S/C13H14O3/c1-9-6-11(4-5-13(15)16-3)7-10(2)12(9)8-14/h4-8H,1-3H3. The SMILES string of the molecule is COC(=O)C=Cc1cc(C)c(C=O)c(C)c1. The Morgan fingerprint density at radius 3 is 2.25 bits per heavy atom. The van der Waals surface area contributed by atoms with Gasteiger partial charge in [0.15, 0.2) is 6.29 Å². The van der Waals surface area contributed by atoms with Crippen molar-refractivity contribution in [3.05, 3.63) is 40.5 Å². The Balaban J connectivity index is 3.05. The summed E-state index contributed by atoms with van der Waals surface area (Å²) in [5.41, 5.74) is 3.39. The number of hydrogen-bond acceptors (Lipinski definition) is 3. The molecule has 0 N–H and O–H groups in total. The van der Waals surface area contributed by atoms with E-state index in [1.165, 1.54) is 13.2 Å². The van der Waals surface area contributed by atoms with Crippen LogP contribution in [0, 0.1) is 13.8 Å². The van der Waals surface area contributed by atoms with Gasteiger partial charge in [-0.25, -0.2) is 4.79 Å². The Bertz CT molecular complexity index is 421. The van der Waals surface area contributed by atoms with Crippen molar-refractivity contribution in [2.24, 2.45) is 0 Å². The minimum atomic E-state index is -0.394. The minimum Gasteiger partial charge on any atom is -0.466 e. The van der Waals surface area contributed by atoms with Crippen LogP contribution in [0.25, 0.3) is 6.08 Å². The van der Waals surface area contributed by atoms with Crippen LogP contribution in [0.4, 0.5) is 0 Å². The summed E-state index contributed by atoms with van der Waals surface area (Å²) in [5.74, 6) is -0.394. The highest BCUT2D eigenvalue weighted by Crippen LogP contribution is 2.15. The molecule has 0 heterocycles. The molecule has 1 rings (SSSR count). The highest BCUT2D eigenvalue weighted by atomic mass is 16.5. The summed E-state index contributed by atoms with van der Waals surface area (Å²) in [4.78, 5) is 21.7. The highest BCUT2D eigenvalue weighted by molar-refractivity contribution is 5.87. The maximum absolute atomic E-state index is 10.9. The molecule has 3 heteroatoms. The predicted octanol–water partition coefficient (Wildman–Crippen LogP) is 2.30. The number of methoxy groups -OCH3 is 1. The van der Waals surface area contributed by atoms with Gasteiger partial charge in [0.25, 0.3) is 0 Å². The van der Waals surface area contributed by atoms with E-state index in [-0.39, 0.29) is 0 Å². The van der Waals surface area contributed by atoms with Gasteiger partial charge in [0.1, 0.15) is 0 Å². The Labute approximate surface area is 94.7 Å². The van der Waals surface area contributed by atoms with Crippen LogP contribution in [0.15, 0.2) is 18.2 Å². The quantitative estimate of drug-likeness (QED) is 0.444. The van der Waals surface area contributed by atoms with Crippen molar-refractivity contribution in [1.29, 1.82) is 0 Å². The average molecular weight is 218 g/mol.